The Labute approximate surface area is 120 Å². The number of carbonyl (C=O) groups is 1. The van der Waals surface area contributed by atoms with Crippen LogP contribution in [0.1, 0.15) is 30.6 Å². The van der Waals surface area contributed by atoms with Gasteiger partial charge in [0.15, 0.2) is 4.96 Å². The molecule has 2 rings (SSSR count). The first-order valence-electron chi connectivity index (χ1n) is 6.48. The fourth-order valence-corrected chi connectivity index (χ4v) is 2.70. The molecular weight excluding hydrogens is 276 g/mol. The number of hydrogen-bond acceptors (Lipinski definition) is 5. The number of nitrogens with two attached hydrogens (primary N) is 1. The summed E-state index contributed by atoms with van der Waals surface area (Å²) >= 11 is 1.35. The van der Waals surface area contributed by atoms with Crippen LogP contribution in [0.2, 0.25) is 0 Å². The Morgan fingerprint density at radius 3 is 2.95 bits per heavy atom. The molecule has 0 bridgehead atoms. The molecule has 0 aliphatic carbocycles. The van der Waals surface area contributed by atoms with E-state index in [0.717, 1.165) is 6.42 Å². The number of amides is 1. The first-order chi connectivity index (χ1) is 9.52. The van der Waals surface area contributed by atoms with Gasteiger partial charge in [0.05, 0.1) is 0 Å². The van der Waals surface area contributed by atoms with Crippen LogP contribution in [-0.2, 0) is 0 Å². The molecule has 1 amide bonds. The Balaban J connectivity index is 2.22. The standard InChI is InChI=1S/C13H18N4O2S/c1-8(2)5-9(6-14)16-11(18)10-7-15-13-17(12(10)19)3-4-20-13/h3-4,7-9H,5-6,14H2,1-2H3,(H,16,18). The molecule has 0 fully saturated rings. The van der Waals surface area contributed by atoms with Gasteiger partial charge in [0, 0.05) is 30.4 Å². The number of aromatic nitrogens is 2. The molecule has 6 nitrogen and oxygen atoms in total. The topological polar surface area (TPSA) is 89.5 Å². The SMILES string of the molecule is CC(C)CC(CN)NC(=O)c1cnc2sccn2c1=O. The van der Waals surface area contributed by atoms with Gasteiger partial charge in [-0.3, -0.25) is 14.0 Å². The van der Waals surface area contributed by atoms with Crippen molar-refractivity contribution in [3.05, 3.63) is 33.7 Å². The normalized spacial score (nSPS) is 12.8. The highest BCUT2D eigenvalue weighted by Crippen LogP contribution is 2.07. The molecule has 20 heavy (non-hydrogen) atoms. The molecule has 3 N–H and O–H groups in total. The van der Waals surface area contributed by atoms with Crippen molar-refractivity contribution >= 4 is 22.2 Å². The maximum absolute atomic E-state index is 12.2. The third-order valence-corrected chi connectivity index (χ3v) is 3.73. The average molecular weight is 294 g/mol. The summed E-state index contributed by atoms with van der Waals surface area (Å²) in [5.74, 6) is 0.00151. The first-order valence-corrected chi connectivity index (χ1v) is 7.36. The van der Waals surface area contributed by atoms with E-state index in [9.17, 15) is 9.59 Å². The zero-order chi connectivity index (χ0) is 14.7. The predicted molar refractivity (Wildman–Crippen MR) is 79.1 cm³/mol. The Hall–Kier alpha value is -1.73. The molecule has 1 unspecified atom stereocenters. The molecule has 2 aromatic rings. The highest BCUT2D eigenvalue weighted by atomic mass is 32.1. The van der Waals surface area contributed by atoms with E-state index in [1.807, 2.05) is 0 Å². The lowest BCUT2D eigenvalue weighted by Gasteiger charge is -2.18. The maximum atomic E-state index is 12.2. The average Bonchev–Trinajstić information content (AvgIpc) is 2.86. The summed E-state index contributed by atoms with van der Waals surface area (Å²) in [4.78, 5) is 29.0. The summed E-state index contributed by atoms with van der Waals surface area (Å²) < 4.78 is 1.37. The van der Waals surface area contributed by atoms with Crippen LogP contribution in [0, 0.1) is 5.92 Å². The second-order valence-corrected chi connectivity index (χ2v) is 5.94. The first kappa shape index (κ1) is 14.7. The Kier molecular flexibility index (Phi) is 4.51. The van der Waals surface area contributed by atoms with Gasteiger partial charge < -0.3 is 11.1 Å². The molecule has 0 saturated heterocycles. The van der Waals surface area contributed by atoms with E-state index < -0.39 is 5.91 Å². The summed E-state index contributed by atoms with van der Waals surface area (Å²) in [6.07, 6.45) is 3.71. The van der Waals surface area contributed by atoms with Gasteiger partial charge >= 0.3 is 0 Å². The molecule has 7 heteroatoms. The molecular formula is C13H18N4O2S. The van der Waals surface area contributed by atoms with Gasteiger partial charge in [-0.15, -0.1) is 11.3 Å². The summed E-state index contributed by atoms with van der Waals surface area (Å²) in [5.41, 5.74) is 5.34. The molecule has 1 atom stereocenters. The third-order valence-electron chi connectivity index (χ3n) is 2.96. The Bertz CT molecular complexity index is 662. The van der Waals surface area contributed by atoms with Crippen LogP contribution < -0.4 is 16.6 Å². The van der Waals surface area contributed by atoms with E-state index in [-0.39, 0.29) is 17.2 Å². The van der Waals surface area contributed by atoms with E-state index in [0.29, 0.717) is 17.4 Å². The van der Waals surface area contributed by atoms with Gasteiger partial charge in [-0.25, -0.2) is 4.98 Å². The van der Waals surface area contributed by atoms with Crippen LogP contribution in [0.25, 0.3) is 4.96 Å². The van der Waals surface area contributed by atoms with Gasteiger partial charge in [0.1, 0.15) is 5.56 Å². The number of fused-ring (bicyclic) bond motifs is 1. The van der Waals surface area contributed by atoms with Crippen molar-refractivity contribution < 1.29 is 4.79 Å². The van der Waals surface area contributed by atoms with Crippen molar-refractivity contribution in [3.63, 3.8) is 0 Å². The molecule has 0 spiro atoms. The monoisotopic (exact) mass is 294 g/mol. The maximum Gasteiger partial charge on any atom is 0.271 e. The second kappa shape index (κ2) is 6.15. The van der Waals surface area contributed by atoms with Gasteiger partial charge in [0.25, 0.3) is 11.5 Å². The quantitative estimate of drug-likeness (QED) is 0.856. The number of carbonyl (C=O) groups excluding carboxylic acids is 1. The zero-order valence-corrected chi connectivity index (χ0v) is 12.3. The molecule has 0 aliphatic heterocycles. The van der Waals surface area contributed by atoms with Crippen LogP contribution in [0.3, 0.4) is 0 Å². The Morgan fingerprint density at radius 1 is 1.55 bits per heavy atom. The van der Waals surface area contributed by atoms with Crippen molar-refractivity contribution in [1.82, 2.24) is 14.7 Å². The van der Waals surface area contributed by atoms with E-state index in [4.69, 9.17) is 5.73 Å². The van der Waals surface area contributed by atoms with Gasteiger partial charge in [-0.1, -0.05) is 13.8 Å². The highest BCUT2D eigenvalue weighted by molar-refractivity contribution is 7.15. The molecule has 0 saturated carbocycles. The minimum Gasteiger partial charge on any atom is -0.348 e. The Morgan fingerprint density at radius 2 is 2.30 bits per heavy atom. The van der Waals surface area contributed by atoms with E-state index in [2.05, 4.69) is 24.1 Å². The van der Waals surface area contributed by atoms with Crippen LogP contribution in [-0.4, -0.2) is 27.9 Å². The fraction of sp³-hybridized carbons (Fsp3) is 0.462. The summed E-state index contributed by atoms with van der Waals surface area (Å²) in [5, 5.41) is 4.55. The van der Waals surface area contributed by atoms with Crippen LogP contribution >= 0.6 is 11.3 Å². The summed E-state index contributed by atoms with van der Waals surface area (Å²) in [6.45, 7) is 4.46. The number of thiazole rings is 1. The lowest BCUT2D eigenvalue weighted by Crippen LogP contribution is -2.43. The largest absolute Gasteiger partial charge is 0.348 e. The van der Waals surface area contributed by atoms with E-state index in [1.54, 1.807) is 11.6 Å². The van der Waals surface area contributed by atoms with E-state index >= 15 is 0 Å². The van der Waals surface area contributed by atoms with E-state index in [1.165, 1.54) is 21.9 Å². The van der Waals surface area contributed by atoms with Crippen molar-refractivity contribution in [3.8, 4) is 0 Å². The zero-order valence-electron chi connectivity index (χ0n) is 11.5. The smallest absolute Gasteiger partial charge is 0.271 e. The minimum absolute atomic E-state index is 0.0445. The fourth-order valence-electron chi connectivity index (χ4n) is 2.03. The summed E-state index contributed by atoms with van der Waals surface area (Å²) in [7, 11) is 0. The minimum atomic E-state index is -0.417. The number of nitrogens with zero attached hydrogens (tertiary/aromatic N) is 2. The van der Waals surface area contributed by atoms with Crippen molar-refractivity contribution in [1.29, 1.82) is 0 Å². The molecule has 108 valence electrons. The van der Waals surface area contributed by atoms with Gasteiger partial charge in [0.2, 0.25) is 0 Å². The molecule has 0 aromatic carbocycles. The van der Waals surface area contributed by atoms with Gasteiger partial charge in [-0.05, 0) is 12.3 Å². The third kappa shape index (κ3) is 3.05. The second-order valence-electron chi connectivity index (χ2n) is 5.07. The number of hydrogen-bond donors (Lipinski definition) is 2. The van der Waals surface area contributed by atoms with Crippen molar-refractivity contribution in [2.45, 2.75) is 26.3 Å². The lowest BCUT2D eigenvalue weighted by molar-refractivity contribution is 0.0931. The summed E-state index contributed by atoms with van der Waals surface area (Å²) in [6, 6.07) is -0.134. The van der Waals surface area contributed by atoms with Crippen molar-refractivity contribution in [2.75, 3.05) is 6.54 Å². The number of rotatable bonds is 5. The van der Waals surface area contributed by atoms with Crippen LogP contribution in [0.5, 0.6) is 0 Å². The molecule has 0 aliphatic rings. The van der Waals surface area contributed by atoms with Crippen LogP contribution in [0.15, 0.2) is 22.6 Å². The number of nitrogens with one attached hydrogen (secondary N) is 1. The molecule has 0 radical (unpaired) electrons. The predicted octanol–water partition coefficient (Wildman–Crippen LogP) is 0.859. The molecule has 2 heterocycles. The van der Waals surface area contributed by atoms with Crippen LogP contribution in [0.4, 0.5) is 0 Å². The van der Waals surface area contributed by atoms with Crippen molar-refractivity contribution in [2.24, 2.45) is 11.7 Å². The molecule has 2 aromatic heterocycles. The highest BCUT2D eigenvalue weighted by Gasteiger charge is 2.17. The lowest BCUT2D eigenvalue weighted by atomic mass is 10.0. The van der Waals surface area contributed by atoms with Gasteiger partial charge in [-0.2, -0.15) is 0 Å².